The van der Waals surface area contributed by atoms with Crippen LogP contribution in [-0.4, -0.2) is 29.5 Å². The molecule has 2 aromatic carbocycles. The molecule has 0 saturated carbocycles. The molecule has 0 spiro atoms. The first-order valence-electron chi connectivity index (χ1n) is 9.62. The quantitative estimate of drug-likeness (QED) is 0.232. The van der Waals surface area contributed by atoms with Crippen molar-refractivity contribution >= 4 is 35.1 Å². The second kappa shape index (κ2) is 9.80. The summed E-state index contributed by atoms with van der Waals surface area (Å²) in [4.78, 5) is 35.3. The van der Waals surface area contributed by atoms with E-state index in [4.69, 9.17) is 5.21 Å². The van der Waals surface area contributed by atoms with Crippen LogP contribution in [0.2, 0.25) is 0 Å². The molecule has 1 aliphatic rings. The Morgan fingerprint density at radius 2 is 1.83 bits per heavy atom. The molecule has 0 unspecified atom stereocenters. The lowest BCUT2D eigenvalue weighted by atomic mass is 10.0. The fourth-order valence-electron chi connectivity index (χ4n) is 3.15. The second-order valence-electron chi connectivity index (χ2n) is 6.93. The molecule has 3 amide bonds. The molecule has 0 saturated heterocycles. The Hall–Kier alpha value is -3.52. The van der Waals surface area contributed by atoms with Crippen molar-refractivity contribution in [2.75, 3.05) is 11.9 Å². The van der Waals surface area contributed by atoms with E-state index in [1.54, 1.807) is 35.8 Å². The molecule has 30 heavy (non-hydrogen) atoms. The number of halogens is 1. The highest BCUT2D eigenvalue weighted by atomic mass is 19.1. The zero-order valence-corrected chi connectivity index (χ0v) is 16.2. The van der Waals surface area contributed by atoms with Gasteiger partial charge in [0.25, 0.3) is 11.8 Å². The van der Waals surface area contributed by atoms with Crippen molar-refractivity contribution in [1.82, 2.24) is 10.8 Å². The van der Waals surface area contributed by atoms with E-state index in [1.165, 1.54) is 18.2 Å². The predicted octanol–water partition coefficient (Wildman–Crippen LogP) is 3.11. The minimum absolute atomic E-state index is 0.215. The largest absolute Gasteiger partial charge is 0.352 e. The van der Waals surface area contributed by atoms with E-state index in [0.29, 0.717) is 35.4 Å². The monoisotopic (exact) mass is 411 g/mol. The highest BCUT2D eigenvalue weighted by Gasteiger charge is 2.24. The van der Waals surface area contributed by atoms with Gasteiger partial charge in [-0.1, -0.05) is 18.6 Å². The zero-order valence-electron chi connectivity index (χ0n) is 16.2. The summed E-state index contributed by atoms with van der Waals surface area (Å²) in [5, 5.41) is 13.9. The third-order valence-corrected chi connectivity index (χ3v) is 4.74. The van der Waals surface area contributed by atoms with Crippen molar-refractivity contribution in [1.29, 1.82) is 0 Å². The summed E-state index contributed by atoms with van der Waals surface area (Å²) >= 11 is 0. The first kappa shape index (κ1) is 21.2. The molecule has 0 aromatic heterocycles. The molecule has 156 valence electrons. The Bertz CT molecular complexity index is 986. The van der Waals surface area contributed by atoms with E-state index < -0.39 is 11.7 Å². The summed E-state index contributed by atoms with van der Waals surface area (Å²) in [6.07, 6.45) is 4.01. The van der Waals surface area contributed by atoms with Crippen molar-refractivity contribution in [3.63, 3.8) is 0 Å². The Morgan fingerprint density at radius 3 is 2.57 bits per heavy atom. The van der Waals surface area contributed by atoms with Crippen LogP contribution in [-0.2, 0) is 9.59 Å². The van der Waals surface area contributed by atoms with Crippen LogP contribution in [0, 0.1) is 5.82 Å². The van der Waals surface area contributed by atoms with Gasteiger partial charge in [-0.15, -0.1) is 0 Å². The minimum Gasteiger partial charge on any atom is -0.352 e. The van der Waals surface area contributed by atoms with Crippen molar-refractivity contribution in [2.45, 2.75) is 25.7 Å². The van der Waals surface area contributed by atoms with Crippen LogP contribution in [0.4, 0.5) is 10.1 Å². The maximum Gasteiger partial charge on any atom is 0.256 e. The van der Waals surface area contributed by atoms with E-state index in [9.17, 15) is 18.8 Å². The van der Waals surface area contributed by atoms with Crippen molar-refractivity contribution < 1.29 is 24.0 Å². The Morgan fingerprint density at radius 1 is 1.07 bits per heavy atom. The average molecular weight is 411 g/mol. The zero-order chi connectivity index (χ0) is 21.5. The lowest BCUT2D eigenvalue weighted by molar-refractivity contribution is -0.129. The number of carbonyl (C=O) groups excluding carboxylic acids is 3. The first-order valence-corrected chi connectivity index (χ1v) is 9.62. The van der Waals surface area contributed by atoms with Crippen molar-refractivity contribution in [3.05, 3.63) is 65.0 Å². The summed E-state index contributed by atoms with van der Waals surface area (Å²) in [6, 6.07) is 10.9. The van der Waals surface area contributed by atoms with E-state index in [-0.39, 0.29) is 18.2 Å². The second-order valence-corrected chi connectivity index (χ2v) is 6.93. The van der Waals surface area contributed by atoms with Gasteiger partial charge in [-0.05, 0) is 54.8 Å². The average Bonchev–Trinajstić information content (AvgIpc) is 3.05. The van der Waals surface area contributed by atoms with Gasteiger partial charge in [-0.25, -0.2) is 9.87 Å². The molecule has 2 aromatic rings. The molecule has 0 atom stereocenters. The Labute approximate surface area is 172 Å². The van der Waals surface area contributed by atoms with Gasteiger partial charge in [0.1, 0.15) is 5.82 Å². The molecule has 4 N–H and O–H groups in total. The SMILES string of the molecule is O=C(CCCCCNC(=O)c1ccc(C=C2C(=O)Nc3ccc(F)cc32)cc1)NO. The molecule has 0 aliphatic carbocycles. The molecule has 1 heterocycles. The minimum atomic E-state index is -0.419. The number of rotatable bonds is 8. The van der Waals surface area contributed by atoms with Crippen LogP contribution in [0.3, 0.4) is 0 Å². The number of hydroxylamine groups is 1. The number of carbonyl (C=O) groups is 3. The van der Waals surface area contributed by atoms with Gasteiger partial charge >= 0.3 is 0 Å². The number of anilines is 1. The lowest BCUT2D eigenvalue weighted by Gasteiger charge is -2.06. The van der Waals surface area contributed by atoms with Gasteiger partial charge in [-0.2, -0.15) is 0 Å². The molecule has 0 bridgehead atoms. The third-order valence-electron chi connectivity index (χ3n) is 4.74. The maximum absolute atomic E-state index is 13.5. The highest BCUT2D eigenvalue weighted by molar-refractivity contribution is 6.34. The summed E-state index contributed by atoms with van der Waals surface area (Å²) in [5.74, 6) is -1.35. The molecular formula is C22H22FN3O4. The van der Waals surface area contributed by atoms with E-state index >= 15 is 0 Å². The van der Waals surface area contributed by atoms with Crippen molar-refractivity contribution in [2.24, 2.45) is 0 Å². The fourth-order valence-corrected chi connectivity index (χ4v) is 3.15. The van der Waals surface area contributed by atoms with Gasteiger partial charge in [0.05, 0.1) is 0 Å². The normalized spacial score (nSPS) is 13.7. The summed E-state index contributed by atoms with van der Waals surface area (Å²) in [5.41, 5.74) is 4.24. The molecule has 1 aliphatic heterocycles. The van der Waals surface area contributed by atoms with Gasteiger partial charge < -0.3 is 10.6 Å². The van der Waals surface area contributed by atoms with Crippen LogP contribution in [0.15, 0.2) is 42.5 Å². The van der Waals surface area contributed by atoms with Crippen LogP contribution < -0.4 is 16.1 Å². The predicted molar refractivity (Wildman–Crippen MR) is 110 cm³/mol. The summed E-state index contributed by atoms with van der Waals surface area (Å²) in [6.45, 7) is 0.480. The number of benzene rings is 2. The van der Waals surface area contributed by atoms with Gasteiger partial charge in [0.15, 0.2) is 0 Å². The first-order chi connectivity index (χ1) is 14.5. The number of hydrogen-bond acceptors (Lipinski definition) is 4. The number of hydrogen-bond donors (Lipinski definition) is 4. The van der Waals surface area contributed by atoms with Crippen LogP contribution in [0.25, 0.3) is 11.6 Å². The van der Waals surface area contributed by atoms with E-state index in [0.717, 1.165) is 18.4 Å². The smallest absolute Gasteiger partial charge is 0.256 e. The summed E-state index contributed by atoms with van der Waals surface area (Å²) < 4.78 is 13.5. The van der Waals surface area contributed by atoms with E-state index in [1.807, 2.05) is 0 Å². The number of amides is 3. The number of fused-ring (bicyclic) bond motifs is 1. The molecule has 0 fully saturated rings. The lowest BCUT2D eigenvalue weighted by Crippen LogP contribution is -2.24. The van der Waals surface area contributed by atoms with Crippen LogP contribution in [0.5, 0.6) is 0 Å². The van der Waals surface area contributed by atoms with Gasteiger partial charge in [0, 0.05) is 35.4 Å². The van der Waals surface area contributed by atoms with Crippen LogP contribution in [0.1, 0.15) is 47.2 Å². The number of nitrogens with one attached hydrogen (secondary N) is 3. The molecule has 7 nitrogen and oxygen atoms in total. The molecular weight excluding hydrogens is 389 g/mol. The Balaban J connectivity index is 1.55. The van der Waals surface area contributed by atoms with E-state index in [2.05, 4.69) is 10.6 Å². The standard InChI is InChI=1S/C22H22FN3O4/c23-16-9-10-19-17(13-16)18(22(29)25-19)12-14-5-7-15(8-6-14)21(28)24-11-3-1-2-4-20(27)26-30/h5-10,12-13,30H,1-4,11H2,(H,24,28)(H,25,29)(H,26,27). The van der Waals surface area contributed by atoms with Gasteiger partial charge in [0.2, 0.25) is 5.91 Å². The number of unbranched alkanes of at least 4 members (excludes halogenated alkanes) is 2. The van der Waals surface area contributed by atoms with Crippen LogP contribution >= 0.6 is 0 Å². The fraction of sp³-hybridized carbons (Fsp3) is 0.227. The third kappa shape index (κ3) is 5.30. The molecule has 0 radical (unpaired) electrons. The Kier molecular flexibility index (Phi) is 6.92. The summed E-state index contributed by atoms with van der Waals surface area (Å²) in [7, 11) is 0. The van der Waals surface area contributed by atoms with Crippen molar-refractivity contribution in [3.8, 4) is 0 Å². The maximum atomic E-state index is 13.5. The topological polar surface area (TPSA) is 108 Å². The van der Waals surface area contributed by atoms with Gasteiger partial charge in [-0.3, -0.25) is 19.6 Å². The molecule has 3 rings (SSSR count). The highest BCUT2D eigenvalue weighted by Crippen LogP contribution is 2.33. The molecule has 8 heteroatoms.